The summed E-state index contributed by atoms with van der Waals surface area (Å²) in [5.74, 6) is -1.84. The third-order valence-electron chi connectivity index (χ3n) is 6.17. The SMILES string of the molecule is O=C(OCc1ccccc1)[C@@H]1COS(=O)(=O)N(C(=O)OCC2c3ccccc3-c3ccccc32)C1. The van der Waals surface area contributed by atoms with Crippen molar-refractivity contribution in [1.29, 1.82) is 0 Å². The molecule has 0 spiro atoms. The first kappa shape index (κ1) is 23.1. The Morgan fingerprint density at radius 3 is 2.11 bits per heavy atom. The molecule has 2 aliphatic rings. The van der Waals surface area contributed by atoms with Gasteiger partial charge in [0.15, 0.2) is 0 Å². The molecule has 8 nitrogen and oxygen atoms in total. The molecule has 1 aliphatic carbocycles. The van der Waals surface area contributed by atoms with E-state index in [0.29, 0.717) is 4.31 Å². The number of benzene rings is 3. The number of esters is 1. The highest BCUT2D eigenvalue weighted by atomic mass is 32.2. The summed E-state index contributed by atoms with van der Waals surface area (Å²) in [5.41, 5.74) is 4.90. The summed E-state index contributed by atoms with van der Waals surface area (Å²) < 4.78 is 40.9. The fourth-order valence-corrected chi connectivity index (χ4v) is 5.46. The van der Waals surface area contributed by atoms with E-state index in [4.69, 9.17) is 13.7 Å². The van der Waals surface area contributed by atoms with Crippen LogP contribution in [0.15, 0.2) is 78.9 Å². The van der Waals surface area contributed by atoms with Crippen LogP contribution in [0.25, 0.3) is 11.1 Å². The van der Waals surface area contributed by atoms with Gasteiger partial charge < -0.3 is 9.47 Å². The van der Waals surface area contributed by atoms with Gasteiger partial charge in [-0.3, -0.25) is 8.98 Å². The number of nitrogens with zero attached hydrogens (tertiary/aromatic N) is 1. The van der Waals surface area contributed by atoms with Gasteiger partial charge in [-0.2, -0.15) is 12.7 Å². The predicted molar refractivity (Wildman–Crippen MR) is 126 cm³/mol. The second kappa shape index (κ2) is 9.52. The van der Waals surface area contributed by atoms with Gasteiger partial charge in [-0.15, -0.1) is 0 Å². The Morgan fingerprint density at radius 1 is 0.857 bits per heavy atom. The van der Waals surface area contributed by atoms with E-state index in [-0.39, 0.29) is 19.1 Å². The zero-order chi connectivity index (χ0) is 24.4. The minimum absolute atomic E-state index is 0.0356. The second-order valence-electron chi connectivity index (χ2n) is 8.37. The molecule has 1 amide bonds. The predicted octanol–water partition coefficient (Wildman–Crippen LogP) is 3.87. The minimum Gasteiger partial charge on any atom is -0.460 e. The first-order valence-electron chi connectivity index (χ1n) is 11.2. The highest BCUT2D eigenvalue weighted by Crippen LogP contribution is 2.44. The molecule has 9 heteroatoms. The third kappa shape index (κ3) is 4.65. The summed E-state index contributed by atoms with van der Waals surface area (Å²) in [5, 5.41) is 0. The van der Waals surface area contributed by atoms with Crippen LogP contribution in [0.1, 0.15) is 22.6 Å². The number of carbonyl (C=O) groups excluding carboxylic acids is 2. The number of hydrogen-bond acceptors (Lipinski definition) is 7. The molecule has 3 aromatic rings. The number of carbonyl (C=O) groups is 2. The van der Waals surface area contributed by atoms with Gasteiger partial charge in [0.1, 0.15) is 19.1 Å². The molecule has 0 bridgehead atoms. The van der Waals surface area contributed by atoms with Gasteiger partial charge in [0.2, 0.25) is 0 Å². The largest absolute Gasteiger partial charge is 0.460 e. The molecule has 1 saturated heterocycles. The summed E-state index contributed by atoms with van der Waals surface area (Å²) in [6.45, 7) is -0.828. The van der Waals surface area contributed by atoms with Gasteiger partial charge >= 0.3 is 22.4 Å². The van der Waals surface area contributed by atoms with E-state index in [1.165, 1.54) is 0 Å². The quantitative estimate of drug-likeness (QED) is 0.498. The number of rotatable bonds is 5. The van der Waals surface area contributed by atoms with Crippen molar-refractivity contribution in [2.24, 2.45) is 5.92 Å². The normalized spacial score (nSPS) is 18.4. The second-order valence-corrected chi connectivity index (χ2v) is 9.90. The first-order valence-corrected chi connectivity index (χ1v) is 12.5. The molecule has 1 aliphatic heterocycles. The topological polar surface area (TPSA) is 99.2 Å². The van der Waals surface area contributed by atoms with E-state index in [0.717, 1.165) is 27.8 Å². The van der Waals surface area contributed by atoms with Crippen molar-refractivity contribution in [3.05, 3.63) is 95.6 Å². The van der Waals surface area contributed by atoms with E-state index < -0.39 is 41.4 Å². The van der Waals surface area contributed by atoms with Crippen LogP contribution in [-0.2, 0) is 35.4 Å². The molecular weight excluding hydrogens is 470 g/mol. The lowest BCUT2D eigenvalue weighted by Gasteiger charge is -2.30. The molecule has 0 saturated carbocycles. The Hall–Kier alpha value is -3.69. The summed E-state index contributed by atoms with van der Waals surface area (Å²) in [4.78, 5) is 25.4. The third-order valence-corrected chi connectivity index (χ3v) is 7.44. The first-order chi connectivity index (χ1) is 16.9. The number of ether oxygens (including phenoxy) is 2. The van der Waals surface area contributed by atoms with Crippen LogP contribution in [-0.4, -0.2) is 44.5 Å². The van der Waals surface area contributed by atoms with Crippen molar-refractivity contribution in [2.75, 3.05) is 19.8 Å². The number of fused-ring (bicyclic) bond motifs is 3. The molecular formula is C26H23NO7S. The average Bonchev–Trinajstić information content (AvgIpc) is 3.20. The summed E-state index contributed by atoms with van der Waals surface area (Å²) in [7, 11) is -4.37. The van der Waals surface area contributed by atoms with E-state index in [9.17, 15) is 18.0 Å². The van der Waals surface area contributed by atoms with Crippen LogP contribution >= 0.6 is 0 Å². The van der Waals surface area contributed by atoms with Gasteiger partial charge in [-0.25, -0.2) is 4.79 Å². The molecule has 0 radical (unpaired) electrons. The van der Waals surface area contributed by atoms with Crippen molar-refractivity contribution < 1.29 is 31.7 Å². The van der Waals surface area contributed by atoms with E-state index in [2.05, 4.69) is 0 Å². The fourth-order valence-electron chi connectivity index (χ4n) is 4.40. The van der Waals surface area contributed by atoms with E-state index in [1.54, 1.807) is 12.1 Å². The van der Waals surface area contributed by atoms with Gasteiger partial charge in [-0.05, 0) is 27.8 Å². The minimum atomic E-state index is -4.37. The molecule has 1 atom stereocenters. The van der Waals surface area contributed by atoms with Gasteiger partial charge in [0.05, 0.1) is 13.2 Å². The van der Waals surface area contributed by atoms with Crippen LogP contribution in [0.2, 0.25) is 0 Å². The lowest BCUT2D eigenvalue weighted by atomic mass is 9.98. The lowest BCUT2D eigenvalue weighted by molar-refractivity contribution is -0.151. The Balaban J connectivity index is 1.26. The van der Waals surface area contributed by atoms with Crippen molar-refractivity contribution in [1.82, 2.24) is 4.31 Å². The zero-order valence-electron chi connectivity index (χ0n) is 18.7. The van der Waals surface area contributed by atoms with Gasteiger partial charge in [0.25, 0.3) is 0 Å². The highest BCUT2D eigenvalue weighted by molar-refractivity contribution is 7.84. The molecule has 5 rings (SSSR count). The molecule has 35 heavy (non-hydrogen) atoms. The maximum atomic E-state index is 12.8. The summed E-state index contributed by atoms with van der Waals surface area (Å²) >= 11 is 0. The van der Waals surface area contributed by atoms with Crippen molar-refractivity contribution >= 4 is 22.4 Å². The Bertz CT molecular complexity index is 1310. The summed E-state index contributed by atoms with van der Waals surface area (Å²) in [6, 6.07) is 24.7. The maximum absolute atomic E-state index is 12.8. The molecule has 180 valence electrons. The van der Waals surface area contributed by atoms with Gasteiger partial charge in [-0.1, -0.05) is 78.9 Å². The van der Waals surface area contributed by atoms with Crippen molar-refractivity contribution in [3.8, 4) is 11.1 Å². The molecule has 1 heterocycles. The van der Waals surface area contributed by atoms with E-state index in [1.807, 2.05) is 66.7 Å². The molecule has 1 fully saturated rings. The highest BCUT2D eigenvalue weighted by Gasteiger charge is 2.41. The van der Waals surface area contributed by atoms with Crippen molar-refractivity contribution in [2.45, 2.75) is 12.5 Å². The zero-order valence-corrected chi connectivity index (χ0v) is 19.5. The Labute approximate surface area is 203 Å². The van der Waals surface area contributed by atoms with Crippen LogP contribution in [0, 0.1) is 5.92 Å². The molecule has 0 N–H and O–H groups in total. The average molecular weight is 494 g/mol. The van der Waals surface area contributed by atoms with Crippen LogP contribution in [0.3, 0.4) is 0 Å². The number of hydrogen-bond donors (Lipinski definition) is 0. The van der Waals surface area contributed by atoms with Gasteiger partial charge in [0, 0.05) is 5.92 Å². The standard InChI is InChI=1S/C26H23NO7S/c28-25(32-15-18-8-2-1-3-9-18)19-14-27(35(30,31)34-16-19)26(29)33-17-24-22-12-6-4-10-20(22)21-11-5-7-13-23(21)24/h1-13,19,24H,14-17H2/t19-/m0/s1. The van der Waals surface area contributed by atoms with Crippen LogP contribution in [0.4, 0.5) is 4.79 Å². The Kier molecular flexibility index (Phi) is 6.27. The monoisotopic (exact) mass is 493 g/mol. The smallest absolute Gasteiger partial charge is 0.425 e. The fraction of sp³-hybridized carbons (Fsp3) is 0.231. The molecule has 3 aromatic carbocycles. The number of amides is 1. The van der Waals surface area contributed by atoms with Crippen molar-refractivity contribution in [3.63, 3.8) is 0 Å². The van der Waals surface area contributed by atoms with E-state index >= 15 is 0 Å². The molecule has 0 unspecified atom stereocenters. The maximum Gasteiger partial charge on any atom is 0.425 e. The molecule has 0 aromatic heterocycles. The summed E-state index contributed by atoms with van der Waals surface area (Å²) in [6.07, 6.45) is -1.09. The van der Waals surface area contributed by atoms with Crippen LogP contribution in [0.5, 0.6) is 0 Å². The van der Waals surface area contributed by atoms with Crippen LogP contribution < -0.4 is 0 Å². The Morgan fingerprint density at radius 2 is 1.46 bits per heavy atom. The lowest BCUT2D eigenvalue weighted by Crippen LogP contribution is -2.49.